The highest BCUT2D eigenvalue weighted by molar-refractivity contribution is 7.48. The molecule has 1 N–H and O–H groups in total. The summed E-state index contributed by atoms with van der Waals surface area (Å²) in [6.07, 6.45) is -1.91. The van der Waals surface area contributed by atoms with Crippen molar-refractivity contribution >= 4 is 21.6 Å². The molecular formula is C13H24BO8P. The highest BCUT2D eigenvalue weighted by Gasteiger charge is 2.51. The van der Waals surface area contributed by atoms with Crippen molar-refractivity contribution < 1.29 is 37.5 Å². The first-order chi connectivity index (χ1) is 10.7. The van der Waals surface area contributed by atoms with E-state index in [-0.39, 0.29) is 31.2 Å². The minimum atomic E-state index is -3.75. The Morgan fingerprint density at radius 1 is 1.43 bits per heavy atom. The number of aliphatic hydroxyl groups excluding tert-OH is 1. The van der Waals surface area contributed by atoms with Gasteiger partial charge >= 0.3 is 13.8 Å². The standard InChI is InChI=1S/C13H24BO8P/c1-7(2)20-13(16)8(3)4-5-18-23(17)19-6-9-11(22-23)10(15)12(14)21-9/h7-12,15H,4-6,14H2,1-3H3/t8?,9-,10-,11-,12-,23?/m1/s1. The van der Waals surface area contributed by atoms with Crippen molar-refractivity contribution in [3.05, 3.63) is 0 Å². The molecule has 0 aromatic rings. The molecule has 10 heteroatoms. The van der Waals surface area contributed by atoms with E-state index in [0.29, 0.717) is 6.42 Å². The Morgan fingerprint density at radius 2 is 2.13 bits per heavy atom. The van der Waals surface area contributed by atoms with Gasteiger partial charge in [-0.15, -0.1) is 0 Å². The van der Waals surface area contributed by atoms with Crippen LogP contribution in [0.3, 0.4) is 0 Å². The Balaban J connectivity index is 1.79. The molecule has 2 fully saturated rings. The third kappa shape index (κ3) is 4.78. The first kappa shape index (κ1) is 18.9. The van der Waals surface area contributed by atoms with Gasteiger partial charge in [0, 0.05) is 0 Å². The highest BCUT2D eigenvalue weighted by atomic mass is 31.2. The Morgan fingerprint density at radius 3 is 2.78 bits per heavy atom. The quantitative estimate of drug-likeness (QED) is 0.413. The largest absolute Gasteiger partial charge is 0.475 e. The number of fused-ring (bicyclic) bond motifs is 1. The highest BCUT2D eigenvalue weighted by Crippen LogP contribution is 2.55. The SMILES string of the molecule is B[C@@H]1O[C@@H]2COP(=O)(OCCC(C)C(=O)OC(C)C)O[C@H]2[C@H]1O. The van der Waals surface area contributed by atoms with Gasteiger partial charge in [-0.25, -0.2) is 4.57 Å². The molecule has 2 unspecified atom stereocenters. The molecule has 0 bridgehead atoms. The van der Waals surface area contributed by atoms with E-state index in [2.05, 4.69) is 0 Å². The van der Waals surface area contributed by atoms with Gasteiger partial charge in [0.05, 0.1) is 31.2 Å². The molecular weight excluding hydrogens is 326 g/mol. The monoisotopic (exact) mass is 350 g/mol. The topological polar surface area (TPSA) is 101 Å². The predicted octanol–water partition coefficient (Wildman–Crippen LogP) is 0.223. The fourth-order valence-electron chi connectivity index (χ4n) is 2.40. The number of phosphoric acid groups is 1. The van der Waals surface area contributed by atoms with Crippen LogP contribution in [0.1, 0.15) is 27.2 Å². The number of carbonyl (C=O) groups is 1. The Hall–Kier alpha value is -0.435. The van der Waals surface area contributed by atoms with Gasteiger partial charge in [-0.3, -0.25) is 18.4 Å². The molecule has 0 aromatic carbocycles. The zero-order chi connectivity index (χ0) is 17.2. The smallest absolute Gasteiger partial charge is 0.463 e. The molecule has 23 heavy (non-hydrogen) atoms. The van der Waals surface area contributed by atoms with E-state index in [1.54, 1.807) is 28.6 Å². The molecule has 2 aliphatic heterocycles. The van der Waals surface area contributed by atoms with E-state index in [4.69, 9.17) is 23.0 Å². The summed E-state index contributed by atoms with van der Waals surface area (Å²) in [6, 6.07) is -0.411. The van der Waals surface area contributed by atoms with Crippen LogP contribution in [0.15, 0.2) is 0 Å². The molecule has 8 nitrogen and oxygen atoms in total. The van der Waals surface area contributed by atoms with Crippen molar-refractivity contribution in [3.63, 3.8) is 0 Å². The van der Waals surface area contributed by atoms with Crippen molar-refractivity contribution in [1.82, 2.24) is 0 Å². The number of hydrogen-bond donors (Lipinski definition) is 1. The number of ether oxygens (including phenoxy) is 2. The van der Waals surface area contributed by atoms with Crippen molar-refractivity contribution in [2.45, 2.75) is 57.6 Å². The molecule has 0 aromatic heterocycles. The van der Waals surface area contributed by atoms with Gasteiger partial charge in [0.2, 0.25) is 0 Å². The molecule has 0 amide bonds. The first-order valence-electron chi connectivity index (χ1n) is 7.83. The number of rotatable bonds is 6. The van der Waals surface area contributed by atoms with E-state index in [1.165, 1.54) is 0 Å². The number of hydrogen-bond acceptors (Lipinski definition) is 8. The number of phosphoric ester groups is 1. The average Bonchev–Trinajstić information content (AvgIpc) is 2.73. The van der Waals surface area contributed by atoms with Crippen LogP contribution in [-0.4, -0.2) is 62.6 Å². The summed E-state index contributed by atoms with van der Waals surface area (Å²) >= 11 is 0. The molecule has 132 valence electrons. The maximum absolute atomic E-state index is 12.4. The van der Waals surface area contributed by atoms with Gasteiger partial charge in [0.25, 0.3) is 0 Å². The molecule has 0 radical (unpaired) electrons. The maximum atomic E-state index is 12.4. The van der Waals surface area contributed by atoms with Gasteiger partial charge in [0.15, 0.2) is 0 Å². The van der Waals surface area contributed by atoms with Crippen LogP contribution in [0.5, 0.6) is 0 Å². The maximum Gasteiger partial charge on any atom is 0.475 e. The summed E-state index contributed by atoms with van der Waals surface area (Å²) in [7, 11) is -2.04. The first-order valence-corrected chi connectivity index (χ1v) is 9.29. The van der Waals surface area contributed by atoms with Crippen molar-refractivity contribution in [2.75, 3.05) is 13.2 Å². The number of carbonyl (C=O) groups excluding carboxylic acids is 1. The van der Waals surface area contributed by atoms with E-state index in [0.717, 1.165) is 0 Å². The molecule has 2 saturated heterocycles. The molecule has 2 rings (SSSR count). The van der Waals surface area contributed by atoms with Crippen molar-refractivity contribution in [2.24, 2.45) is 5.92 Å². The van der Waals surface area contributed by atoms with Gasteiger partial charge in [-0.05, 0) is 20.3 Å². The molecule has 2 aliphatic rings. The van der Waals surface area contributed by atoms with Crippen LogP contribution >= 0.6 is 7.82 Å². The van der Waals surface area contributed by atoms with Crippen LogP contribution in [0.2, 0.25) is 0 Å². The summed E-state index contributed by atoms with van der Waals surface area (Å²) in [4.78, 5) is 11.7. The minimum Gasteiger partial charge on any atom is -0.463 e. The minimum absolute atomic E-state index is 0.0233. The second kappa shape index (κ2) is 7.63. The van der Waals surface area contributed by atoms with Crippen molar-refractivity contribution in [1.29, 1.82) is 0 Å². The van der Waals surface area contributed by atoms with Crippen LogP contribution in [0, 0.1) is 5.92 Å². The lowest BCUT2D eigenvalue weighted by molar-refractivity contribution is -0.152. The summed E-state index contributed by atoms with van der Waals surface area (Å²) in [5.41, 5.74) is 0. The van der Waals surface area contributed by atoms with Crippen LogP contribution < -0.4 is 0 Å². The Kier molecular flexibility index (Phi) is 6.27. The summed E-state index contributed by atoms with van der Waals surface area (Å²) in [5.74, 6) is -0.720. The molecule has 0 aliphatic carbocycles. The van der Waals surface area contributed by atoms with E-state index >= 15 is 0 Å². The molecule has 0 saturated carbocycles. The van der Waals surface area contributed by atoms with E-state index in [1.807, 2.05) is 0 Å². The van der Waals surface area contributed by atoms with Crippen LogP contribution in [-0.2, 0) is 32.4 Å². The lowest BCUT2D eigenvalue weighted by Crippen LogP contribution is -2.40. The third-order valence-corrected chi connectivity index (χ3v) is 5.24. The number of esters is 1. The van der Waals surface area contributed by atoms with Gasteiger partial charge in [-0.2, -0.15) is 0 Å². The Labute approximate surface area is 136 Å². The zero-order valence-electron chi connectivity index (χ0n) is 13.8. The molecule has 6 atom stereocenters. The zero-order valence-corrected chi connectivity index (χ0v) is 14.7. The average molecular weight is 350 g/mol. The second-order valence-corrected chi connectivity index (χ2v) is 7.81. The van der Waals surface area contributed by atoms with E-state index in [9.17, 15) is 14.5 Å². The Bertz CT molecular complexity index is 473. The lowest BCUT2D eigenvalue weighted by Gasteiger charge is -2.31. The summed E-state index contributed by atoms with van der Waals surface area (Å²) in [5, 5.41) is 9.95. The summed E-state index contributed by atoms with van der Waals surface area (Å²) < 4.78 is 38.6. The van der Waals surface area contributed by atoms with Crippen molar-refractivity contribution in [3.8, 4) is 0 Å². The van der Waals surface area contributed by atoms with Gasteiger partial charge in [-0.1, -0.05) is 6.92 Å². The second-order valence-electron chi connectivity index (χ2n) is 6.19. The predicted molar refractivity (Wildman–Crippen MR) is 82.6 cm³/mol. The third-order valence-electron chi connectivity index (χ3n) is 3.78. The summed E-state index contributed by atoms with van der Waals surface area (Å²) in [6.45, 7) is 5.31. The van der Waals surface area contributed by atoms with Gasteiger partial charge < -0.3 is 14.6 Å². The fourth-order valence-corrected chi connectivity index (χ4v) is 3.82. The van der Waals surface area contributed by atoms with Crippen LogP contribution in [0.4, 0.5) is 0 Å². The fraction of sp³-hybridized carbons (Fsp3) is 0.923. The van der Waals surface area contributed by atoms with Gasteiger partial charge in [0.1, 0.15) is 26.2 Å². The van der Waals surface area contributed by atoms with E-state index < -0.39 is 32.1 Å². The molecule has 2 heterocycles. The normalized spacial score (nSPS) is 38.3. The lowest BCUT2D eigenvalue weighted by atomic mass is 9.93. The number of aliphatic hydroxyl groups is 1. The molecule has 0 spiro atoms. The van der Waals surface area contributed by atoms with Crippen LogP contribution in [0.25, 0.3) is 0 Å².